The summed E-state index contributed by atoms with van der Waals surface area (Å²) in [7, 11) is -3.69. The second-order valence-corrected chi connectivity index (χ2v) is 7.67. The van der Waals surface area contributed by atoms with E-state index in [1.165, 1.54) is 6.07 Å². The third-order valence-electron chi connectivity index (χ3n) is 2.42. The zero-order valence-corrected chi connectivity index (χ0v) is 11.2. The lowest BCUT2D eigenvalue weighted by Crippen LogP contribution is -2.39. The Morgan fingerprint density at radius 3 is 2.50 bits per heavy atom. The lowest BCUT2D eigenvalue weighted by molar-refractivity contribution is 0.246. The van der Waals surface area contributed by atoms with E-state index in [-0.39, 0.29) is 15.8 Å². The maximum Gasteiger partial charge on any atom is 0.243 e. The van der Waals surface area contributed by atoms with Crippen LogP contribution in [0.4, 0.5) is 0 Å². The molecule has 1 fully saturated rings. The van der Waals surface area contributed by atoms with Crippen molar-refractivity contribution in [1.82, 2.24) is 4.72 Å². The van der Waals surface area contributed by atoms with Gasteiger partial charge in [-0.1, -0.05) is 23.2 Å². The molecule has 0 atom stereocenters. The highest BCUT2D eigenvalue weighted by Crippen LogP contribution is 2.39. The molecule has 0 amide bonds. The van der Waals surface area contributed by atoms with Crippen LogP contribution < -0.4 is 4.72 Å². The summed E-state index contributed by atoms with van der Waals surface area (Å²) in [6.45, 7) is -0.207. The van der Waals surface area contributed by atoms with E-state index >= 15 is 0 Å². The number of nitrogens with one attached hydrogen (secondary N) is 1. The molecule has 0 bridgehead atoms. The van der Waals surface area contributed by atoms with Crippen molar-refractivity contribution in [1.29, 1.82) is 0 Å². The third kappa shape index (κ3) is 2.37. The van der Waals surface area contributed by atoms with Gasteiger partial charge in [-0.3, -0.25) is 0 Å². The summed E-state index contributed by atoms with van der Waals surface area (Å²) in [5, 5.41) is 9.06. The van der Waals surface area contributed by atoms with Gasteiger partial charge in [0.05, 0.1) is 16.5 Å². The molecule has 1 aromatic heterocycles. The van der Waals surface area contributed by atoms with E-state index in [1.807, 2.05) is 0 Å². The molecular formula is C8H9Cl2NO3S2. The molecule has 0 radical (unpaired) electrons. The molecule has 1 heterocycles. The maximum atomic E-state index is 11.9. The third-order valence-corrected chi connectivity index (χ3v) is 5.75. The molecule has 0 saturated heterocycles. The number of halogens is 2. The predicted octanol–water partition coefficient (Wildman–Crippen LogP) is 1.86. The minimum Gasteiger partial charge on any atom is -0.394 e. The Bertz CT molecular complexity index is 507. The van der Waals surface area contributed by atoms with Crippen molar-refractivity contribution in [3.8, 4) is 0 Å². The first-order valence-corrected chi connectivity index (χ1v) is 7.54. The number of thiophene rings is 1. The predicted molar refractivity (Wildman–Crippen MR) is 63.7 cm³/mol. The van der Waals surface area contributed by atoms with Crippen molar-refractivity contribution in [3.05, 3.63) is 14.7 Å². The average molecular weight is 302 g/mol. The smallest absolute Gasteiger partial charge is 0.243 e. The van der Waals surface area contributed by atoms with Gasteiger partial charge in [-0.05, 0) is 18.9 Å². The lowest BCUT2D eigenvalue weighted by Gasteiger charge is -2.13. The first-order valence-electron chi connectivity index (χ1n) is 4.48. The van der Waals surface area contributed by atoms with Gasteiger partial charge in [0.2, 0.25) is 10.0 Å². The van der Waals surface area contributed by atoms with Crippen LogP contribution in [0.25, 0.3) is 0 Å². The maximum absolute atomic E-state index is 11.9. The van der Waals surface area contributed by atoms with Crippen molar-refractivity contribution in [2.45, 2.75) is 23.3 Å². The first kappa shape index (κ1) is 12.6. The highest BCUT2D eigenvalue weighted by Gasteiger charge is 2.46. The standard InChI is InChI=1S/C8H9Cl2NO3S2/c9-6-3-5(7(10)15-6)16(13,14)11-8(4-12)1-2-8/h3,11-12H,1-2,4H2. The summed E-state index contributed by atoms with van der Waals surface area (Å²) in [5.74, 6) is 0. The quantitative estimate of drug-likeness (QED) is 0.892. The van der Waals surface area contributed by atoms with Crippen LogP contribution in [0.15, 0.2) is 11.0 Å². The first-order chi connectivity index (χ1) is 7.38. The van der Waals surface area contributed by atoms with Gasteiger partial charge in [0.1, 0.15) is 9.23 Å². The molecule has 1 aliphatic carbocycles. The Morgan fingerprint density at radius 2 is 2.12 bits per heavy atom. The molecule has 16 heavy (non-hydrogen) atoms. The molecule has 2 N–H and O–H groups in total. The molecule has 1 aromatic rings. The fourth-order valence-electron chi connectivity index (χ4n) is 1.29. The van der Waals surface area contributed by atoms with Crippen molar-refractivity contribution in [3.63, 3.8) is 0 Å². The van der Waals surface area contributed by atoms with Gasteiger partial charge < -0.3 is 5.11 Å². The van der Waals surface area contributed by atoms with Gasteiger partial charge in [-0.15, -0.1) is 11.3 Å². The highest BCUT2D eigenvalue weighted by molar-refractivity contribution is 7.89. The van der Waals surface area contributed by atoms with Crippen LogP contribution in [-0.2, 0) is 10.0 Å². The van der Waals surface area contributed by atoms with E-state index in [9.17, 15) is 8.42 Å². The van der Waals surface area contributed by atoms with Crippen LogP contribution in [0.5, 0.6) is 0 Å². The van der Waals surface area contributed by atoms with Gasteiger partial charge in [0, 0.05) is 0 Å². The normalized spacial score (nSPS) is 18.7. The Labute approximate surface area is 107 Å². The summed E-state index contributed by atoms with van der Waals surface area (Å²) >= 11 is 12.5. The van der Waals surface area contributed by atoms with E-state index in [2.05, 4.69) is 4.72 Å². The van der Waals surface area contributed by atoms with E-state index < -0.39 is 15.6 Å². The Kier molecular flexibility index (Phi) is 3.24. The van der Waals surface area contributed by atoms with Gasteiger partial charge >= 0.3 is 0 Å². The summed E-state index contributed by atoms with van der Waals surface area (Å²) in [4.78, 5) is -0.0242. The molecule has 0 aliphatic heterocycles. The second-order valence-electron chi connectivity index (χ2n) is 3.73. The monoisotopic (exact) mass is 301 g/mol. The van der Waals surface area contributed by atoms with Gasteiger partial charge in [0.15, 0.2) is 0 Å². The fourth-order valence-corrected chi connectivity index (χ4v) is 4.89. The van der Waals surface area contributed by atoms with E-state index in [1.54, 1.807) is 0 Å². The molecular weight excluding hydrogens is 293 g/mol. The molecule has 8 heteroatoms. The summed E-state index contributed by atoms with van der Waals surface area (Å²) in [6, 6.07) is 1.31. The SMILES string of the molecule is O=S(=O)(NC1(CO)CC1)c1cc(Cl)sc1Cl. The number of rotatable bonds is 4. The zero-order valence-electron chi connectivity index (χ0n) is 8.03. The fraction of sp³-hybridized carbons (Fsp3) is 0.500. The van der Waals surface area contributed by atoms with Crippen molar-refractivity contribution < 1.29 is 13.5 Å². The number of aliphatic hydroxyl groups is 1. The summed E-state index contributed by atoms with van der Waals surface area (Å²) < 4.78 is 26.7. The molecule has 90 valence electrons. The van der Waals surface area contributed by atoms with Gasteiger partial charge in [0.25, 0.3) is 0 Å². The number of hydrogen-bond acceptors (Lipinski definition) is 4. The van der Waals surface area contributed by atoms with Gasteiger partial charge in [-0.25, -0.2) is 13.1 Å². The lowest BCUT2D eigenvalue weighted by atomic mass is 10.3. The molecule has 0 unspecified atom stereocenters. The minimum absolute atomic E-state index is 0.0242. The average Bonchev–Trinajstić information content (AvgIpc) is 2.85. The second kappa shape index (κ2) is 4.12. The van der Waals surface area contributed by atoms with Crippen LogP contribution >= 0.6 is 34.5 Å². The summed E-state index contributed by atoms with van der Waals surface area (Å²) in [6.07, 6.45) is 1.27. The zero-order chi connectivity index (χ0) is 12.0. The van der Waals surface area contributed by atoms with Crippen LogP contribution in [0.3, 0.4) is 0 Å². The van der Waals surface area contributed by atoms with E-state index in [4.69, 9.17) is 28.3 Å². The highest BCUT2D eigenvalue weighted by atomic mass is 35.5. The molecule has 1 aliphatic rings. The topological polar surface area (TPSA) is 66.4 Å². The van der Waals surface area contributed by atoms with Crippen molar-refractivity contribution in [2.24, 2.45) is 0 Å². The van der Waals surface area contributed by atoms with E-state index in [0.717, 1.165) is 11.3 Å². The molecule has 0 spiro atoms. The van der Waals surface area contributed by atoms with E-state index in [0.29, 0.717) is 17.2 Å². The van der Waals surface area contributed by atoms with Crippen LogP contribution in [-0.4, -0.2) is 25.7 Å². The molecule has 2 rings (SSSR count). The van der Waals surface area contributed by atoms with Crippen LogP contribution in [0.2, 0.25) is 8.67 Å². The minimum atomic E-state index is -3.69. The summed E-state index contributed by atoms with van der Waals surface area (Å²) in [5.41, 5.74) is -0.698. The van der Waals surface area contributed by atoms with Crippen molar-refractivity contribution in [2.75, 3.05) is 6.61 Å². The van der Waals surface area contributed by atoms with Crippen LogP contribution in [0, 0.1) is 0 Å². The van der Waals surface area contributed by atoms with Gasteiger partial charge in [-0.2, -0.15) is 0 Å². The number of aliphatic hydroxyl groups excluding tert-OH is 1. The molecule has 0 aromatic carbocycles. The van der Waals surface area contributed by atoms with Crippen molar-refractivity contribution >= 4 is 44.6 Å². The Hall–Kier alpha value is 0.150. The number of sulfonamides is 1. The largest absolute Gasteiger partial charge is 0.394 e. The number of hydrogen-bond donors (Lipinski definition) is 2. The molecule has 4 nitrogen and oxygen atoms in total. The Morgan fingerprint density at radius 1 is 1.50 bits per heavy atom. The Balaban J connectivity index is 2.29. The molecule has 1 saturated carbocycles. The van der Waals surface area contributed by atoms with Crippen LogP contribution in [0.1, 0.15) is 12.8 Å².